The Bertz CT molecular complexity index is 5850. The molecule has 0 aromatic carbocycles. The number of hydrogen-bond donors (Lipinski definition) is 14. The van der Waals surface area contributed by atoms with Gasteiger partial charge in [0, 0.05) is 229 Å². The minimum Gasteiger partial charge on any atom is -0.480 e. The van der Waals surface area contributed by atoms with E-state index >= 15 is 0 Å². The second-order valence-electron chi connectivity index (χ2n) is 33.6. The van der Waals surface area contributed by atoms with Crippen LogP contribution in [0.15, 0.2) is 151 Å². The number of carbonyl (C=O) groups excluding carboxylic acids is 9. The number of ether oxygens (including phenoxy) is 3. The number of piperazine rings is 1. The molecular weight excluding hydrogens is 2720 g/mol. The fourth-order valence-electron chi connectivity index (χ4n) is 12.8. The van der Waals surface area contributed by atoms with Crippen LogP contribution < -0.4 is 70.8 Å². The molecule has 782 valence electrons. The van der Waals surface area contributed by atoms with Gasteiger partial charge in [0.15, 0.2) is 0 Å². The van der Waals surface area contributed by atoms with E-state index in [2.05, 4.69) is 280 Å². The molecule has 41 nitrogen and oxygen atoms in total. The second kappa shape index (κ2) is 62.6. The zero-order valence-corrected chi connectivity index (χ0v) is 101. The Morgan fingerprint density at radius 3 is 1.19 bits per heavy atom. The Balaban J connectivity index is 0.000000288. The predicted molar refractivity (Wildman–Crippen MR) is 601 cm³/mol. The molecule has 6 aliphatic rings. The molecule has 6 amide bonds. The second-order valence-corrected chi connectivity index (χ2v) is 42.9. The molecule has 0 saturated carbocycles. The minimum atomic E-state index is -0.954. The maximum atomic E-state index is 12.5. The van der Waals surface area contributed by atoms with Gasteiger partial charge in [-0.1, -0.05) is 31.9 Å². The van der Waals surface area contributed by atoms with Gasteiger partial charge in [-0.25, -0.2) is 44.9 Å². The lowest BCUT2D eigenvalue weighted by atomic mass is 10.1. The van der Waals surface area contributed by atoms with Gasteiger partial charge in [-0.2, -0.15) is 0 Å². The molecule has 1 saturated heterocycles. The predicted octanol–water partition coefficient (Wildman–Crippen LogP) is 13.9. The summed E-state index contributed by atoms with van der Waals surface area (Å²) in [5.41, 5.74) is 28.9. The van der Waals surface area contributed by atoms with E-state index in [-0.39, 0.29) is 133 Å². The van der Waals surface area contributed by atoms with Gasteiger partial charge in [-0.3, -0.25) is 73.3 Å². The molecule has 9 aromatic heterocycles. The number of pyridine rings is 9. The molecule has 0 radical (unpaired) electrons. The van der Waals surface area contributed by atoms with Crippen LogP contribution in [-0.2, 0) is 119 Å². The van der Waals surface area contributed by atoms with Gasteiger partial charge in [-0.05, 0) is 260 Å². The van der Waals surface area contributed by atoms with Crippen molar-refractivity contribution < 1.29 is 67.3 Å². The molecule has 0 spiro atoms. The van der Waals surface area contributed by atoms with Crippen LogP contribution in [0, 0.1) is 0 Å². The van der Waals surface area contributed by atoms with Crippen LogP contribution in [0.2, 0.25) is 0 Å². The van der Waals surface area contributed by atoms with Crippen molar-refractivity contribution in [1.82, 2.24) is 90.6 Å². The number of rotatable bonds is 17. The molecule has 144 heavy (non-hydrogen) atoms. The largest absolute Gasteiger partial charge is 0.480 e. The Hall–Kier alpha value is -7.83. The highest BCUT2D eigenvalue weighted by Gasteiger charge is 2.33. The molecule has 0 atom stereocenters. The standard InChI is InChI=1S/C15H20BrN5O2.C14H18BrN3O3.C11H16BrN3O2.C10H10BrN3O3.C10H14BrN3O2.C10H12BrN3O.C8H8BrN3O.2C6H6Br2N2.2BrH/c1-19-2-4-21(5-3-19)14(23)10-20-8-11-6-12(16)7-17-15(11)18-13(22)9-20;1-14(2,3)21-12(20)8-18-6-9-4-10(15)5-16-13(9)17-11(19)7-18;1-11(2,10(16)17-3)15-5-7-4-8(12)6-14-9(7)13;11-7-1-6-3-14(5-9(16)17)4-8(15)13-10(6)12-2-7;1-2-16-9(15)6-13-4-7-3-8(11)5-14-10(7)12;1-10(2)9(15)14-8-6(4-13-10)3-7(11)5-12-8;9-6-1-5-2-10-4-7(13)12-8(5)11-3-6;2*7-2-4-1-5(8)3-10-6(4)9;;/h6-7H,2-5,8-10H2,1H3,(H,17,18,22);4-5H,6-8H2,1-3H3,(H,16,17,19);4,6,15H,5H2,1-3H3,(H2,13,14);1-2H,3-5H2,(H,16,17)(H,12,13,15);3,5,13H,2,4,6H2,1H3,(H2,12,14);3,5,13H,4H2,1-2H3,(H,12,14,15);1,3,10H,2,4H2,(H,11,12,13);2*1,3H,2H2,(H2,9,10);2*1H. The van der Waals surface area contributed by atoms with Crippen molar-refractivity contribution in [3.8, 4) is 0 Å². The maximum Gasteiger partial charge on any atom is 0.325 e. The molecule has 1 fully saturated rings. The number of methoxy groups -OCH3 is 1. The number of nitrogens with zero attached hydrogens (tertiary/aromatic N) is 14. The van der Waals surface area contributed by atoms with Crippen LogP contribution in [0.25, 0.3) is 0 Å². The summed E-state index contributed by atoms with van der Waals surface area (Å²) in [5, 5.41) is 36.1. The van der Waals surface area contributed by atoms with E-state index < -0.39 is 22.6 Å². The topological polar surface area (TPSA) is 563 Å². The molecule has 6 aliphatic heterocycles. The third-order valence-corrected chi connectivity index (χ3v) is 25.0. The van der Waals surface area contributed by atoms with Gasteiger partial charge in [0.05, 0.1) is 71.6 Å². The van der Waals surface area contributed by atoms with Gasteiger partial charge in [-0.15, -0.1) is 34.0 Å². The third-order valence-electron chi connectivity index (χ3n) is 19.9. The Kier molecular flexibility index (Phi) is 55.0. The Labute approximate surface area is 947 Å². The first kappa shape index (κ1) is 127. The zero-order valence-electron chi connectivity index (χ0n) is 79.7. The highest BCUT2D eigenvalue weighted by atomic mass is 79.9. The van der Waals surface area contributed by atoms with Crippen LogP contribution in [0.1, 0.15) is 105 Å². The number of carboxylic acids is 1. The molecule has 0 bridgehead atoms. The minimum absolute atomic E-state index is 0. The van der Waals surface area contributed by atoms with Crippen LogP contribution in [0.3, 0.4) is 0 Å². The number of nitrogens with two attached hydrogens (primary N) is 4. The monoisotopic (exact) mass is 2820 g/mol. The third kappa shape index (κ3) is 45.3. The molecule has 0 aliphatic carbocycles. The highest BCUT2D eigenvalue weighted by molar-refractivity contribution is 9.12. The first-order chi connectivity index (χ1) is 67.0. The van der Waals surface area contributed by atoms with Crippen molar-refractivity contribution in [2.24, 2.45) is 0 Å². The molecular formula is C90H112Br13N27O14. The Morgan fingerprint density at radius 2 is 0.799 bits per heavy atom. The van der Waals surface area contributed by atoms with Crippen molar-refractivity contribution in [2.45, 2.75) is 129 Å². The summed E-state index contributed by atoms with van der Waals surface area (Å²) in [7, 11) is 3.42. The number of anilines is 9. The zero-order chi connectivity index (χ0) is 105. The van der Waals surface area contributed by atoms with Crippen LogP contribution >= 0.6 is 209 Å². The number of nitrogen functional groups attached to an aromatic ring is 4. The van der Waals surface area contributed by atoms with E-state index in [4.69, 9.17) is 42.3 Å². The molecule has 15 rings (SSSR count). The summed E-state index contributed by atoms with van der Waals surface area (Å²) in [6.07, 6.45) is 14.8. The maximum absolute atomic E-state index is 12.5. The summed E-state index contributed by atoms with van der Waals surface area (Å²) in [5.74, 6) is 2.47. The van der Waals surface area contributed by atoms with Crippen molar-refractivity contribution in [3.63, 3.8) is 0 Å². The number of carbonyl (C=O) groups is 10. The smallest absolute Gasteiger partial charge is 0.325 e. The number of nitrogens with one attached hydrogen (secondary N) is 9. The van der Waals surface area contributed by atoms with Gasteiger partial charge in [0.25, 0.3) is 0 Å². The SMILES string of the molecule is Br.Br.CC(C)(C)OC(=O)CN1CC(=O)Nc2ncc(Br)cc2C1.CC1(C)NCc2cc(Br)cnc2NC1=O.CCOC(=O)CNCc1cc(Br)cnc1N.CN1CCN(C(=O)CN2CC(=O)Nc3ncc(Br)cc3C2)CC1.COC(=O)C(C)(C)NCc1cc(Br)cnc1N.Nc1ncc(Br)cc1CBr.Nc1ncc(Br)cc1CBr.O=C(O)CN1CC(=O)Nc2ncc(Br)cc2C1.O=C1CNCc2cc(Br)cnc2N1. The lowest BCUT2D eigenvalue weighted by molar-refractivity contribution is -0.156. The van der Waals surface area contributed by atoms with Crippen molar-refractivity contribution >= 4 is 321 Å². The van der Waals surface area contributed by atoms with Gasteiger partial charge in [0.2, 0.25) is 35.4 Å². The Morgan fingerprint density at radius 1 is 0.451 bits per heavy atom. The summed E-state index contributed by atoms with van der Waals surface area (Å²) in [6, 6.07) is 17.1. The lowest BCUT2D eigenvalue weighted by Gasteiger charge is -2.33. The van der Waals surface area contributed by atoms with Gasteiger partial charge in [0.1, 0.15) is 63.5 Å². The van der Waals surface area contributed by atoms with Gasteiger partial charge < -0.3 is 89.3 Å². The number of likely N-dealkylation sites (N-methyl/N-ethyl adjacent to an activating group) is 1. The fourth-order valence-corrected chi connectivity index (χ4v) is 17.1. The summed E-state index contributed by atoms with van der Waals surface area (Å²) in [6.45, 7) is 22.7. The lowest BCUT2D eigenvalue weighted by Crippen LogP contribution is -2.50. The van der Waals surface area contributed by atoms with E-state index in [1.165, 1.54) is 7.11 Å². The first-order valence-electron chi connectivity index (χ1n) is 43.2. The highest BCUT2D eigenvalue weighted by Crippen LogP contribution is 2.30. The molecule has 18 N–H and O–H groups in total. The number of carboxylic acid groups (broad SMARTS) is 1. The van der Waals surface area contributed by atoms with E-state index in [9.17, 15) is 47.9 Å². The van der Waals surface area contributed by atoms with Crippen molar-refractivity contribution in [2.75, 3.05) is 149 Å². The van der Waals surface area contributed by atoms with E-state index in [1.54, 1.807) is 86.3 Å². The van der Waals surface area contributed by atoms with E-state index in [0.29, 0.717) is 111 Å². The van der Waals surface area contributed by atoms with Crippen LogP contribution in [-0.4, -0.2) is 250 Å². The van der Waals surface area contributed by atoms with Crippen molar-refractivity contribution in [3.05, 3.63) is 201 Å². The fraction of sp³-hybridized carbons (Fsp3) is 0.389. The summed E-state index contributed by atoms with van der Waals surface area (Å²) < 4.78 is 22.7. The number of fused-ring (bicyclic) bond motifs is 5. The van der Waals surface area contributed by atoms with Crippen molar-refractivity contribution in [1.29, 1.82) is 0 Å². The molecule has 15 heterocycles. The number of amides is 6. The first-order valence-corrected chi connectivity index (χ1v) is 52.5. The molecule has 54 heteroatoms. The van der Waals surface area contributed by atoms with E-state index in [1.807, 2.05) is 99.0 Å². The normalized spacial score (nSPS) is 14.6. The van der Waals surface area contributed by atoms with Crippen LogP contribution in [0.4, 0.5) is 52.4 Å². The quantitative estimate of drug-likeness (QED) is 0.0229. The number of esters is 3. The number of aromatic nitrogens is 9. The average molecular weight is 2830 g/mol. The van der Waals surface area contributed by atoms with Crippen LogP contribution in [0.5, 0.6) is 0 Å². The molecule has 9 aromatic rings. The summed E-state index contributed by atoms with van der Waals surface area (Å²) >= 11 is 36.6. The number of alkyl halides is 2. The number of aliphatic carboxylic acids is 1. The molecule has 0 unspecified atom stereocenters. The summed E-state index contributed by atoms with van der Waals surface area (Å²) in [4.78, 5) is 162. The van der Waals surface area contributed by atoms with Gasteiger partial charge >= 0.3 is 23.9 Å². The average Bonchev–Trinajstić information content (AvgIpc) is 1.67. The van der Waals surface area contributed by atoms with E-state index in [0.717, 1.165) is 127 Å². The number of hydrogen-bond acceptors (Lipinski definition) is 34. The number of halogens is 13.